The Kier molecular flexibility index (Phi) is 6.20. The smallest absolute Gasteiger partial charge is 0.464 e. The summed E-state index contributed by atoms with van der Waals surface area (Å²) in [7, 11) is 0. The molecule has 0 saturated carbocycles. The molecule has 0 aliphatic carbocycles. The Morgan fingerprint density at radius 1 is 1.24 bits per heavy atom. The van der Waals surface area contributed by atoms with Crippen molar-refractivity contribution in [2.75, 3.05) is 6.61 Å². The van der Waals surface area contributed by atoms with Crippen LogP contribution in [0, 0.1) is 0 Å². The molecule has 7 heteroatoms. The van der Waals surface area contributed by atoms with Crippen LogP contribution in [0.15, 0.2) is 30.3 Å². The highest BCUT2D eigenvalue weighted by atomic mass is 19.4. The topological polar surface area (TPSA) is 55.4 Å². The number of benzene rings is 1. The van der Waals surface area contributed by atoms with E-state index in [1.807, 2.05) is 0 Å². The molecule has 1 aromatic rings. The summed E-state index contributed by atoms with van der Waals surface area (Å²) in [4.78, 5) is 22.8. The van der Waals surface area contributed by atoms with Crippen LogP contribution in [0.4, 0.5) is 13.2 Å². The number of hydrogen-bond donors (Lipinski definition) is 1. The van der Waals surface area contributed by atoms with E-state index < -0.39 is 24.1 Å². The Hall–Kier alpha value is -2.05. The van der Waals surface area contributed by atoms with Gasteiger partial charge in [-0.2, -0.15) is 13.2 Å². The zero-order valence-electron chi connectivity index (χ0n) is 11.4. The highest BCUT2D eigenvalue weighted by molar-refractivity contribution is 5.87. The summed E-state index contributed by atoms with van der Waals surface area (Å²) in [5, 5.41) is 1.68. The molecule has 1 aromatic carbocycles. The molecule has 0 spiro atoms. The first-order valence-corrected chi connectivity index (χ1v) is 6.42. The zero-order chi connectivity index (χ0) is 15.9. The van der Waals surface area contributed by atoms with Gasteiger partial charge in [0.15, 0.2) is 0 Å². The molecule has 0 radical (unpaired) electrons. The lowest BCUT2D eigenvalue weighted by Crippen LogP contribution is -2.48. The predicted molar refractivity (Wildman–Crippen MR) is 69.4 cm³/mol. The summed E-state index contributed by atoms with van der Waals surface area (Å²) in [6.07, 6.45) is -4.57. The third kappa shape index (κ3) is 5.85. The van der Waals surface area contributed by atoms with E-state index in [1.54, 1.807) is 42.6 Å². The van der Waals surface area contributed by atoms with E-state index in [0.29, 0.717) is 12.0 Å². The summed E-state index contributed by atoms with van der Waals surface area (Å²) in [6.45, 7) is 1.85. The number of rotatable bonds is 6. The van der Waals surface area contributed by atoms with Gasteiger partial charge in [0.05, 0.1) is 6.61 Å². The maximum atomic E-state index is 12.3. The molecule has 1 unspecified atom stereocenters. The van der Waals surface area contributed by atoms with Crippen molar-refractivity contribution in [1.29, 1.82) is 0 Å². The largest absolute Gasteiger partial charge is 0.471 e. The second-order valence-electron chi connectivity index (χ2n) is 4.38. The van der Waals surface area contributed by atoms with Gasteiger partial charge in [0.2, 0.25) is 0 Å². The third-order valence-electron chi connectivity index (χ3n) is 2.58. The van der Waals surface area contributed by atoms with E-state index in [2.05, 4.69) is 0 Å². The van der Waals surface area contributed by atoms with Crippen LogP contribution >= 0.6 is 0 Å². The molecule has 1 atom stereocenters. The van der Waals surface area contributed by atoms with Crippen LogP contribution < -0.4 is 5.32 Å². The van der Waals surface area contributed by atoms with Gasteiger partial charge in [-0.15, -0.1) is 0 Å². The van der Waals surface area contributed by atoms with Crippen LogP contribution in [0.25, 0.3) is 0 Å². The molecule has 1 rings (SSSR count). The van der Waals surface area contributed by atoms with Crippen LogP contribution in [-0.2, 0) is 20.7 Å². The standard InChI is InChI=1S/C14H16F3NO3/c1-2-8-21-12(19)11(18-13(20)14(15,16)17)9-10-6-4-3-5-7-10/h3-7,11H,2,8-9H2,1H3,(H,18,20). The number of esters is 1. The summed E-state index contributed by atoms with van der Waals surface area (Å²) in [6, 6.07) is 7.06. The van der Waals surface area contributed by atoms with Crippen molar-refractivity contribution >= 4 is 11.9 Å². The van der Waals surface area contributed by atoms with Gasteiger partial charge in [-0.3, -0.25) is 4.79 Å². The minimum atomic E-state index is -5.04. The molecule has 0 fully saturated rings. The van der Waals surface area contributed by atoms with Gasteiger partial charge in [-0.05, 0) is 12.0 Å². The van der Waals surface area contributed by atoms with Gasteiger partial charge < -0.3 is 10.1 Å². The lowest BCUT2D eigenvalue weighted by Gasteiger charge is -2.18. The second kappa shape index (κ2) is 7.66. The second-order valence-corrected chi connectivity index (χ2v) is 4.38. The lowest BCUT2D eigenvalue weighted by molar-refractivity contribution is -0.175. The quantitative estimate of drug-likeness (QED) is 0.820. The molecule has 0 heterocycles. The number of carbonyl (C=O) groups is 2. The van der Waals surface area contributed by atoms with E-state index in [-0.39, 0.29) is 13.0 Å². The molecular formula is C14H16F3NO3. The number of alkyl halides is 3. The molecule has 116 valence electrons. The number of hydrogen-bond acceptors (Lipinski definition) is 3. The molecule has 0 saturated heterocycles. The van der Waals surface area contributed by atoms with Crippen molar-refractivity contribution in [2.45, 2.75) is 32.0 Å². The lowest BCUT2D eigenvalue weighted by atomic mass is 10.1. The summed E-state index contributed by atoms with van der Waals surface area (Å²) >= 11 is 0. The van der Waals surface area contributed by atoms with Gasteiger partial charge in [-0.25, -0.2) is 4.79 Å². The Morgan fingerprint density at radius 2 is 1.86 bits per heavy atom. The molecule has 0 aliphatic rings. The maximum absolute atomic E-state index is 12.3. The number of amides is 1. The number of carbonyl (C=O) groups excluding carboxylic acids is 2. The number of nitrogens with one attached hydrogen (secondary N) is 1. The van der Waals surface area contributed by atoms with Crippen molar-refractivity contribution in [1.82, 2.24) is 5.32 Å². The normalized spacial score (nSPS) is 12.6. The molecule has 21 heavy (non-hydrogen) atoms. The van der Waals surface area contributed by atoms with E-state index in [1.165, 1.54) is 0 Å². The highest BCUT2D eigenvalue weighted by Gasteiger charge is 2.41. The van der Waals surface area contributed by atoms with Gasteiger partial charge in [-0.1, -0.05) is 37.3 Å². The average molecular weight is 303 g/mol. The van der Waals surface area contributed by atoms with Crippen molar-refractivity contribution in [3.8, 4) is 0 Å². The first-order valence-electron chi connectivity index (χ1n) is 6.42. The molecule has 0 aliphatic heterocycles. The molecular weight excluding hydrogens is 287 g/mol. The van der Waals surface area contributed by atoms with E-state index >= 15 is 0 Å². The van der Waals surface area contributed by atoms with E-state index in [0.717, 1.165) is 0 Å². The van der Waals surface area contributed by atoms with Crippen molar-refractivity contribution in [3.05, 3.63) is 35.9 Å². The molecule has 1 N–H and O–H groups in total. The van der Waals surface area contributed by atoms with Crippen LogP contribution in [0.5, 0.6) is 0 Å². The fraction of sp³-hybridized carbons (Fsp3) is 0.429. The number of ether oxygens (including phenoxy) is 1. The Balaban J connectivity index is 2.79. The van der Waals surface area contributed by atoms with E-state index in [9.17, 15) is 22.8 Å². The van der Waals surface area contributed by atoms with E-state index in [4.69, 9.17) is 4.74 Å². The molecule has 1 amide bonds. The Bertz CT molecular complexity index is 474. The fourth-order valence-electron chi connectivity index (χ4n) is 1.59. The first kappa shape index (κ1) is 17.0. The minimum Gasteiger partial charge on any atom is -0.464 e. The summed E-state index contributed by atoms with van der Waals surface area (Å²) < 4.78 is 41.7. The molecule has 0 aromatic heterocycles. The zero-order valence-corrected chi connectivity index (χ0v) is 11.4. The van der Waals surface area contributed by atoms with Gasteiger partial charge in [0.1, 0.15) is 6.04 Å². The third-order valence-corrected chi connectivity index (χ3v) is 2.58. The highest BCUT2D eigenvalue weighted by Crippen LogP contribution is 2.15. The van der Waals surface area contributed by atoms with Crippen molar-refractivity contribution < 1.29 is 27.5 Å². The summed E-state index contributed by atoms with van der Waals surface area (Å²) in [5.41, 5.74) is 0.624. The monoisotopic (exact) mass is 303 g/mol. The van der Waals surface area contributed by atoms with Crippen LogP contribution in [0.2, 0.25) is 0 Å². The van der Waals surface area contributed by atoms with Crippen LogP contribution in [-0.4, -0.2) is 30.7 Å². The average Bonchev–Trinajstić information content (AvgIpc) is 2.44. The van der Waals surface area contributed by atoms with Crippen molar-refractivity contribution in [3.63, 3.8) is 0 Å². The fourth-order valence-corrected chi connectivity index (χ4v) is 1.59. The molecule has 0 bridgehead atoms. The molecule has 4 nitrogen and oxygen atoms in total. The first-order chi connectivity index (χ1) is 9.84. The SMILES string of the molecule is CCCOC(=O)C(Cc1ccccc1)NC(=O)C(F)(F)F. The Labute approximate surface area is 120 Å². The van der Waals surface area contributed by atoms with Gasteiger partial charge in [0, 0.05) is 6.42 Å². The van der Waals surface area contributed by atoms with Gasteiger partial charge in [0.25, 0.3) is 0 Å². The predicted octanol–water partition coefficient (Wildman–Crippen LogP) is 2.23. The van der Waals surface area contributed by atoms with Crippen LogP contribution in [0.1, 0.15) is 18.9 Å². The minimum absolute atomic E-state index is 0.0643. The Morgan fingerprint density at radius 3 is 2.38 bits per heavy atom. The maximum Gasteiger partial charge on any atom is 0.471 e. The number of halogens is 3. The van der Waals surface area contributed by atoms with Gasteiger partial charge >= 0.3 is 18.1 Å². The summed E-state index contributed by atoms with van der Waals surface area (Å²) in [5.74, 6) is -3.03. The van der Waals surface area contributed by atoms with Crippen molar-refractivity contribution in [2.24, 2.45) is 0 Å². The van der Waals surface area contributed by atoms with Crippen LogP contribution in [0.3, 0.4) is 0 Å².